The molecule has 0 aliphatic carbocycles. The van der Waals surface area contributed by atoms with Gasteiger partial charge < -0.3 is 5.32 Å². The first-order chi connectivity index (χ1) is 9.24. The summed E-state index contributed by atoms with van der Waals surface area (Å²) in [5, 5.41) is 10.7. The van der Waals surface area contributed by atoms with E-state index >= 15 is 0 Å². The number of H-pyrrole nitrogens is 1. The largest absolute Gasteiger partial charge is 0.322 e. The van der Waals surface area contributed by atoms with Crippen molar-refractivity contribution in [1.82, 2.24) is 10.2 Å². The number of aromatic nitrogens is 2. The van der Waals surface area contributed by atoms with Crippen molar-refractivity contribution in [2.24, 2.45) is 0 Å². The van der Waals surface area contributed by atoms with Crippen LogP contribution in [0.25, 0.3) is 10.9 Å². The maximum atomic E-state index is 12.2. The number of fused-ring (bicyclic) bond motifs is 1. The fourth-order valence-electron chi connectivity index (χ4n) is 2.05. The van der Waals surface area contributed by atoms with Crippen LogP contribution in [0.15, 0.2) is 48.7 Å². The molecule has 0 unspecified atom stereocenters. The highest BCUT2D eigenvalue weighted by molar-refractivity contribution is 6.05. The summed E-state index contributed by atoms with van der Waals surface area (Å²) < 4.78 is 0. The van der Waals surface area contributed by atoms with Gasteiger partial charge in [-0.25, -0.2) is 0 Å². The number of hydrogen-bond donors (Lipinski definition) is 2. The Morgan fingerprint density at radius 3 is 2.89 bits per heavy atom. The Labute approximate surface area is 110 Å². The van der Waals surface area contributed by atoms with Gasteiger partial charge in [0.2, 0.25) is 0 Å². The zero-order valence-electron chi connectivity index (χ0n) is 10.5. The van der Waals surface area contributed by atoms with Crippen LogP contribution in [0, 0.1) is 6.92 Å². The van der Waals surface area contributed by atoms with E-state index in [1.807, 2.05) is 49.4 Å². The van der Waals surface area contributed by atoms with E-state index in [4.69, 9.17) is 0 Å². The second-order valence-electron chi connectivity index (χ2n) is 4.44. The molecule has 3 aromatic rings. The molecule has 0 radical (unpaired) electrons. The van der Waals surface area contributed by atoms with Crippen molar-refractivity contribution in [2.45, 2.75) is 6.92 Å². The lowest BCUT2D eigenvalue weighted by molar-refractivity contribution is 0.102. The summed E-state index contributed by atoms with van der Waals surface area (Å²) in [6, 6.07) is 13.2. The van der Waals surface area contributed by atoms with Gasteiger partial charge in [0.15, 0.2) is 0 Å². The summed E-state index contributed by atoms with van der Waals surface area (Å²) >= 11 is 0. The predicted molar refractivity (Wildman–Crippen MR) is 75.2 cm³/mol. The van der Waals surface area contributed by atoms with E-state index in [1.165, 1.54) is 0 Å². The number of aromatic amines is 1. The molecule has 0 saturated heterocycles. The number of benzene rings is 2. The second kappa shape index (κ2) is 4.57. The van der Waals surface area contributed by atoms with Crippen LogP contribution in [0.1, 0.15) is 15.9 Å². The van der Waals surface area contributed by atoms with Gasteiger partial charge in [-0.05, 0) is 36.8 Å². The van der Waals surface area contributed by atoms with Gasteiger partial charge in [-0.3, -0.25) is 9.89 Å². The van der Waals surface area contributed by atoms with Crippen LogP contribution in [0.5, 0.6) is 0 Å². The van der Waals surface area contributed by atoms with E-state index in [2.05, 4.69) is 15.5 Å². The Morgan fingerprint density at radius 2 is 2.05 bits per heavy atom. The Morgan fingerprint density at radius 1 is 1.21 bits per heavy atom. The van der Waals surface area contributed by atoms with Crippen molar-refractivity contribution in [2.75, 3.05) is 5.32 Å². The van der Waals surface area contributed by atoms with Gasteiger partial charge in [-0.1, -0.05) is 18.2 Å². The molecule has 1 aromatic heterocycles. The first-order valence-corrected chi connectivity index (χ1v) is 6.04. The minimum Gasteiger partial charge on any atom is -0.322 e. The van der Waals surface area contributed by atoms with Crippen molar-refractivity contribution in [3.05, 3.63) is 59.8 Å². The van der Waals surface area contributed by atoms with Gasteiger partial charge in [-0.2, -0.15) is 5.10 Å². The van der Waals surface area contributed by atoms with E-state index in [9.17, 15) is 4.79 Å². The lowest BCUT2D eigenvalue weighted by atomic mass is 10.1. The first kappa shape index (κ1) is 11.5. The molecule has 4 nitrogen and oxygen atoms in total. The van der Waals surface area contributed by atoms with Crippen LogP contribution in [0.3, 0.4) is 0 Å². The Hall–Kier alpha value is -2.62. The highest BCUT2D eigenvalue weighted by Gasteiger charge is 2.08. The third-order valence-electron chi connectivity index (χ3n) is 3.09. The molecule has 94 valence electrons. The summed E-state index contributed by atoms with van der Waals surface area (Å²) in [5.74, 6) is -0.0963. The minimum absolute atomic E-state index is 0.0963. The quantitative estimate of drug-likeness (QED) is 0.735. The number of rotatable bonds is 2. The third-order valence-corrected chi connectivity index (χ3v) is 3.09. The lowest BCUT2D eigenvalue weighted by Crippen LogP contribution is -2.13. The molecule has 0 spiro atoms. The van der Waals surface area contributed by atoms with Gasteiger partial charge in [-0.15, -0.1) is 0 Å². The molecule has 0 fully saturated rings. The molecular formula is C15H13N3O. The maximum Gasteiger partial charge on any atom is 0.255 e. The number of nitrogens with zero attached hydrogens (tertiary/aromatic N) is 1. The second-order valence-corrected chi connectivity index (χ2v) is 4.44. The average molecular weight is 251 g/mol. The number of carbonyl (C=O) groups excluding carboxylic acids is 1. The number of anilines is 1. The summed E-state index contributed by atoms with van der Waals surface area (Å²) in [7, 11) is 0. The molecule has 4 heteroatoms. The van der Waals surface area contributed by atoms with Crippen LogP contribution in [0.4, 0.5) is 5.69 Å². The Bertz CT molecular complexity index is 746. The van der Waals surface area contributed by atoms with Crippen molar-refractivity contribution in [1.29, 1.82) is 0 Å². The fraction of sp³-hybridized carbons (Fsp3) is 0.0667. The summed E-state index contributed by atoms with van der Waals surface area (Å²) in [6.07, 6.45) is 1.73. The molecule has 1 heterocycles. The molecule has 0 bridgehead atoms. The van der Waals surface area contributed by atoms with Gasteiger partial charge in [0.1, 0.15) is 0 Å². The van der Waals surface area contributed by atoms with Crippen molar-refractivity contribution < 1.29 is 4.79 Å². The molecule has 0 aliphatic rings. The van der Waals surface area contributed by atoms with Gasteiger partial charge >= 0.3 is 0 Å². The summed E-state index contributed by atoms with van der Waals surface area (Å²) in [4.78, 5) is 12.2. The summed E-state index contributed by atoms with van der Waals surface area (Å²) in [5.41, 5.74) is 3.37. The van der Waals surface area contributed by atoms with E-state index in [0.29, 0.717) is 5.56 Å². The zero-order chi connectivity index (χ0) is 13.2. The fourth-order valence-corrected chi connectivity index (χ4v) is 2.05. The van der Waals surface area contributed by atoms with E-state index in [-0.39, 0.29) is 5.91 Å². The number of carbonyl (C=O) groups is 1. The predicted octanol–water partition coefficient (Wildman–Crippen LogP) is 3.12. The Kier molecular flexibility index (Phi) is 2.76. The van der Waals surface area contributed by atoms with Gasteiger partial charge in [0.25, 0.3) is 5.91 Å². The van der Waals surface area contributed by atoms with Gasteiger partial charge in [0.05, 0.1) is 11.7 Å². The monoisotopic (exact) mass is 251 g/mol. The molecule has 19 heavy (non-hydrogen) atoms. The molecule has 2 N–H and O–H groups in total. The maximum absolute atomic E-state index is 12.2. The lowest BCUT2D eigenvalue weighted by Gasteiger charge is -2.07. The van der Waals surface area contributed by atoms with Crippen LogP contribution in [-0.4, -0.2) is 16.1 Å². The number of nitrogens with one attached hydrogen (secondary N) is 2. The average Bonchev–Trinajstić information content (AvgIpc) is 2.86. The molecule has 2 aromatic carbocycles. The number of amides is 1. The third kappa shape index (κ3) is 2.20. The molecule has 0 saturated carbocycles. The standard InChI is InChI=1S/C15H13N3O/c1-10-4-2-3-5-13(10)15(19)17-12-6-7-14-11(8-12)9-16-18-14/h2-9H,1H3,(H,16,18)(H,17,19). The molecule has 0 aliphatic heterocycles. The number of aryl methyl sites for hydroxylation is 1. The minimum atomic E-state index is -0.0963. The number of hydrogen-bond acceptors (Lipinski definition) is 2. The summed E-state index contributed by atoms with van der Waals surface area (Å²) in [6.45, 7) is 1.92. The molecule has 1 amide bonds. The SMILES string of the molecule is Cc1ccccc1C(=O)Nc1ccc2[nH]ncc2c1. The van der Waals surface area contributed by atoms with E-state index in [1.54, 1.807) is 6.20 Å². The first-order valence-electron chi connectivity index (χ1n) is 6.04. The normalized spacial score (nSPS) is 10.6. The molecule has 3 rings (SSSR count). The smallest absolute Gasteiger partial charge is 0.255 e. The van der Waals surface area contributed by atoms with Crippen molar-refractivity contribution in [3.8, 4) is 0 Å². The topological polar surface area (TPSA) is 57.8 Å². The van der Waals surface area contributed by atoms with Crippen LogP contribution in [-0.2, 0) is 0 Å². The van der Waals surface area contributed by atoms with Crippen molar-refractivity contribution in [3.63, 3.8) is 0 Å². The highest BCUT2D eigenvalue weighted by atomic mass is 16.1. The van der Waals surface area contributed by atoms with Crippen LogP contribution < -0.4 is 5.32 Å². The van der Waals surface area contributed by atoms with Crippen molar-refractivity contribution >= 4 is 22.5 Å². The zero-order valence-corrected chi connectivity index (χ0v) is 10.5. The molecular weight excluding hydrogens is 238 g/mol. The highest BCUT2D eigenvalue weighted by Crippen LogP contribution is 2.18. The van der Waals surface area contributed by atoms with E-state index < -0.39 is 0 Å². The van der Waals surface area contributed by atoms with Crippen LogP contribution >= 0.6 is 0 Å². The van der Waals surface area contributed by atoms with Gasteiger partial charge in [0, 0.05) is 16.6 Å². The molecule has 0 atom stereocenters. The van der Waals surface area contributed by atoms with E-state index in [0.717, 1.165) is 22.2 Å². The van der Waals surface area contributed by atoms with Crippen LogP contribution in [0.2, 0.25) is 0 Å². The Balaban J connectivity index is 1.88.